The number of benzene rings is 1. The van der Waals surface area contributed by atoms with Gasteiger partial charge in [-0.25, -0.2) is 4.79 Å². The number of rotatable bonds is 5. The summed E-state index contributed by atoms with van der Waals surface area (Å²) in [6, 6.07) is 12.2. The molecule has 2 heterocycles. The van der Waals surface area contributed by atoms with E-state index in [1.807, 2.05) is 6.07 Å². The van der Waals surface area contributed by atoms with E-state index in [1.165, 1.54) is 16.0 Å². The fourth-order valence-corrected chi connectivity index (χ4v) is 3.96. The van der Waals surface area contributed by atoms with E-state index in [0.717, 1.165) is 29.5 Å². The molecule has 3 aromatic rings. The molecule has 108 valence electrons. The van der Waals surface area contributed by atoms with Crippen LogP contribution in [0.25, 0.3) is 10.2 Å². The minimum Gasteiger partial charge on any atom is -0.477 e. The van der Waals surface area contributed by atoms with Crippen molar-refractivity contribution >= 4 is 27.5 Å². The average molecular weight is 299 g/mol. The number of aromatic amines is 1. The van der Waals surface area contributed by atoms with Gasteiger partial charge in [0.1, 0.15) is 10.5 Å². The third-order valence-electron chi connectivity index (χ3n) is 3.74. The molecule has 0 spiro atoms. The van der Waals surface area contributed by atoms with Crippen molar-refractivity contribution in [3.63, 3.8) is 0 Å². The van der Waals surface area contributed by atoms with Crippen molar-refractivity contribution in [1.82, 2.24) is 4.98 Å². The first-order valence-electron chi connectivity index (χ1n) is 7.09. The summed E-state index contributed by atoms with van der Waals surface area (Å²) in [5.41, 5.74) is 2.90. The van der Waals surface area contributed by atoms with Gasteiger partial charge < -0.3 is 10.1 Å². The number of carbonyl (C=O) groups is 1. The molecule has 1 aromatic carbocycles. The molecule has 0 amide bonds. The molecule has 2 aromatic heterocycles. The minimum absolute atomic E-state index is 0.278. The molecule has 2 N–H and O–H groups in total. The van der Waals surface area contributed by atoms with Crippen LogP contribution in [-0.2, 0) is 19.3 Å². The molecular formula is C17H17NO2S. The number of H-pyrrole nitrogens is 1. The molecule has 0 saturated carbocycles. The number of carboxylic acid groups (broad SMARTS) is 1. The number of hydrogen-bond acceptors (Lipinski definition) is 2. The zero-order valence-electron chi connectivity index (χ0n) is 11.8. The van der Waals surface area contributed by atoms with Crippen LogP contribution in [-0.4, -0.2) is 16.1 Å². The van der Waals surface area contributed by atoms with E-state index in [2.05, 4.69) is 36.2 Å². The third kappa shape index (κ3) is 2.72. The molecule has 3 rings (SSSR count). The van der Waals surface area contributed by atoms with Gasteiger partial charge in [-0.1, -0.05) is 37.3 Å². The standard InChI is InChI=1S/C17H17NO2S/c1-2-12-13-10-14(17(19)20)18-16(13)21-15(12)9-8-11-6-4-3-5-7-11/h3-7,10,18H,2,8-9H2,1H3,(H,19,20). The van der Waals surface area contributed by atoms with Gasteiger partial charge in [-0.2, -0.15) is 0 Å². The van der Waals surface area contributed by atoms with E-state index in [-0.39, 0.29) is 5.69 Å². The van der Waals surface area contributed by atoms with Gasteiger partial charge in [-0.15, -0.1) is 11.3 Å². The molecule has 4 heteroatoms. The number of thiophene rings is 1. The number of fused-ring (bicyclic) bond motifs is 1. The summed E-state index contributed by atoms with van der Waals surface area (Å²) in [4.78, 5) is 16.4. The summed E-state index contributed by atoms with van der Waals surface area (Å²) in [5, 5.41) is 10.1. The highest BCUT2D eigenvalue weighted by molar-refractivity contribution is 7.18. The SMILES string of the molecule is CCc1c(CCc2ccccc2)sc2[nH]c(C(=O)O)cc12. The summed E-state index contributed by atoms with van der Waals surface area (Å²) in [6.07, 6.45) is 2.95. The minimum atomic E-state index is -0.897. The van der Waals surface area contributed by atoms with Crippen molar-refractivity contribution < 1.29 is 9.90 Å². The quantitative estimate of drug-likeness (QED) is 0.739. The lowest BCUT2D eigenvalue weighted by Crippen LogP contribution is -1.95. The second kappa shape index (κ2) is 5.74. The van der Waals surface area contributed by atoms with E-state index in [9.17, 15) is 4.79 Å². The van der Waals surface area contributed by atoms with Crippen LogP contribution in [0.1, 0.15) is 33.4 Å². The number of aromatic nitrogens is 1. The molecular weight excluding hydrogens is 282 g/mol. The molecule has 0 fully saturated rings. The molecule has 0 aliphatic carbocycles. The smallest absolute Gasteiger partial charge is 0.352 e. The Morgan fingerprint density at radius 3 is 2.67 bits per heavy atom. The van der Waals surface area contributed by atoms with E-state index < -0.39 is 5.97 Å². The molecule has 0 aliphatic heterocycles. The van der Waals surface area contributed by atoms with Crippen LogP contribution in [0.15, 0.2) is 36.4 Å². The highest BCUT2D eigenvalue weighted by Gasteiger charge is 2.15. The van der Waals surface area contributed by atoms with Crippen LogP contribution >= 0.6 is 11.3 Å². The molecule has 3 nitrogen and oxygen atoms in total. The van der Waals surface area contributed by atoms with Crippen molar-refractivity contribution in [3.05, 3.63) is 58.1 Å². The lowest BCUT2D eigenvalue weighted by molar-refractivity contribution is 0.0691. The van der Waals surface area contributed by atoms with Gasteiger partial charge in [0.15, 0.2) is 0 Å². The average Bonchev–Trinajstić information content (AvgIpc) is 3.03. The van der Waals surface area contributed by atoms with E-state index >= 15 is 0 Å². The van der Waals surface area contributed by atoms with Crippen LogP contribution < -0.4 is 0 Å². The predicted octanol–water partition coefficient (Wildman–Crippen LogP) is 4.28. The van der Waals surface area contributed by atoms with E-state index in [0.29, 0.717) is 0 Å². The topological polar surface area (TPSA) is 53.1 Å². The Labute approximate surface area is 127 Å². The zero-order valence-corrected chi connectivity index (χ0v) is 12.7. The van der Waals surface area contributed by atoms with Crippen LogP contribution in [0.3, 0.4) is 0 Å². The van der Waals surface area contributed by atoms with Crippen LogP contribution in [0.2, 0.25) is 0 Å². The Kier molecular flexibility index (Phi) is 3.80. The van der Waals surface area contributed by atoms with Crippen LogP contribution in [0.5, 0.6) is 0 Å². The molecule has 0 unspecified atom stereocenters. The molecule has 0 aliphatic rings. The van der Waals surface area contributed by atoms with E-state index in [1.54, 1.807) is 17.4 Å². The van der Waals surface area contributed by atoms with Crippen molar-refractivity contribution in [1.29, 1.82) is 0 Å². The second-order valence-corrected chi connectivity index (χ2v) is 6.18. The lowest BCUT2D eigenvalue weighted by Gasteiger charge is -2.02. The van der Waals surface area contributed by atoms with Crippen LogP contribution in [0, 0.1) is 0 Å². The Hall–Kier alpha value is -2.07. The monoisotopic (exact) mass is 299 g/mol. The largest absolute Gasteiger partial charge is 0.477 e. The Morgan fingerprint density at radius 1 is 1.24 bits per heavy atom. The van der Waals surface area contributed by atoms with Crippen LogP contribution in [0.4, 0.5) is 0 Å². The third-order valence-corrected chi connectivity index (χ3v) is 4.96. The molecule has 21 heavy (non-hydrogen) atoms. The van der Waals surface area contributed by atoms with Crippen molar-refractivity contribution in [2.45, 2.75) is 26.2 Å². The Balaban J connectivity index is 1.88. The maximum absolute atomic E-state index is 11.0. The number of nitrogens with one attached hydrogen (secondary N) is 1. The van der Waals surface area contributed by atoms with Crippen molar-refractivity contribution in [2.24, 2.45) is 0 Å². The van der Waals surface area contributed by atoms with Gasteiger partial charge in [-0.3, -0.25) is 0 Å². The van der Waals surface area contributed by atoms with Gasteiger partial charge >= 0.3 is 5.97 Å². The maximum Gasteiger partial charge on any atom is 0.352 e. The first kappa shape index (κ1) is 13.9. The lowest BCUT2D eigenvalue weighted by atomic mass is 10.0. The molecule has 0 atom stereocenters. The summed E-state index contributed by atoms with van der Waals surface area (Å²) >= 11 is 1.69. The number of aromatic carboxylic acids is 1. The first-order chi connectivity index (χ1) is 10.2. The maximum atomic E-state index is 11.0. The Bertz CT molecular complexity index is 771. The highest BCUT2D eigenvalue weighted by Crippen LogP contribution is 2.33. The number of hydrogen-bond donors (Lipinski definition) is 2. The number of aryl methyl sites for hydroxylation is 3. The molecule has 0 radical (unpaired) electrons. The van der Waals surface area contributed by atoms with Gasteiger partial charge in [0, 0.05) is 10.3 Å². The summed E-state index contributed by atoms with van der Waals surface area (Å²) in [6.45, 7) is 2.13. The molecule has 0 saturated heterocycles. The summed E-state index contributed by atoms with van der Waals surface area (Å²) < 4.78 is 0. The Morgan fingerprint density at radius 2 is 2.00 bits per heavy atom. The van der Waals surface area contributed by atoms with Gasteiger partial charge in [0.05, 0.1) is 0 Å². The van der Waals surface area contributed by atoms with Crippen molar-refractivity contribution in [3.8, 4) is 0 Å². The molecule has 0 bridgehead atoms. The summed E-state index contributed by atoms with van der Waals surface area (Å²) in [5.74, 6) is -0.897. The zero-order chi connectivity index (χ0) is 14.8. The predicted molar refractivity (Wildman–Crippen MR) is 86.4 cm³/mol. The van der Waals surface area contributed by atoms with E-state index in [4.69, 9.17) is 5.11 Å². The number of carboxylic acids is 1. The fraction of sp³-hybridized carbons (Fsp3) is 0.235. The van der Waals surface area contributed by atoms with Gasteiger partial charge in [0.25, 0.3) is 0 Å². The van der Waals surface area contributed by atoms with Gasteiger partial charge in [0.2, 0.25) is 0 Å². The van der Waals surface area contributed by atoms with Crippen molar-refractivity contribution in [2.75, 3.05) is 0 Å². The normalized spacial score (nSPS) is 11.1. The first-order valence-corrected chi connectivity index (χ1v) is 7.91. The van der Waals surface area contributed by atoms with Gasteiger partial charge in [-0.05, 0) is 36.5 Å². The second-order valence-electron chi connectivity index (χ2n) is 5.07. The fourth-order valence-electron chi connectivity index (χ4n) is 2.68. The highest BCUT2D eigenvalue weighted by atomic mass is 32.1. The summed E-state index contributed by atoms with van der Waals surface area (Å²) in [7, 11) is 0.